The van der Waals surface area contributed by atoms with Gasteiger partial charge >= 0.3 is 5.91 Å². The minimum Gasteiger partial charge on any atom is -0.508 e. The first kappa shape index (κ1) is 24.4. The van der Waals surface area contributed by atoms with Crippen LogP contribution < -0.4 is 9.64 Å². The summed E-state index contributed by atoms with van der Waals surface area (Å²) in [6.07, 6.45) is 0. The van der Waals surface area contributed by atoms with Crippen molar-refractivity contribution in [2.45, 2.75) is 19.9 Å². The molecule has 0 aliphatic carbocycles. The number of ether oxygens (including phenoxy) is 1. The zero-order valence-corrected chi connectivity index (χ0v) is 20.7. The molecule has 7 nitrogen and oxygen atoms in total. The highest BCUT2D eigenvalue weighted by Crippen LogP contribution is 2.46. The van der Waals surface area contributed by atoms with E-state index in [0.717, 1.165) is 39.5 Å². The maximum absolute atomic E-state index is 13.8. The summed E-state index contributed by atoms with van der Waals surface area (Å²) in [5.74, 6) is -4.24. The van der Waals surface area contributed by atoms with Crippen molar-refractivity contribution < 1.29 is 33.3 Å². The van der Waals surface area contributed by atoms with Gasteiger partial charge in [0.15, 0.2) is 16.8 Å². The Bertz CT molecular complexity index is 1590. The summed E-state index contributed by atoms with van der Waals surface area (Å²) in [6.45, 7) is 3.61. The highest BCUT2D eigenvalue weighted by atomic mass is 32.1. The second-order valence-corrected chi connectivity index (χ2v) is 9.66. The van der Waals surface area contributed by atoms with Crippen LogP contribution in [0.2, 0.25) is 0 Å². The summed E-state index contributed by atoms with van der Waals surface area (Å²) in [4.78, 5) is 32.2. The third-order valence-electron chi connectivity index (χ3n) is 6.16. The number of rotatable bonds is 4. The third kappa shape index (κ3) is 3.99. The van der Waals surface area contributed by atoms with Gasteiger partial charge in [-0.2, -0.15) is 0 Å². The molecule has 2 N–H and O–H groups in total. The molecule has 1 aromatic heterocycles. The summed E-state index contributed by atoms with van der Waals surface area (Å²) in [5, 5.41) is 21.3. The third-order valence-corrected chi connectivity index (χ3v) is 7.17. The largest absolute Gasteiger partial charge is 0.508 e. The predicted molar refractivity (Wildman–Crippen MR) is 135 cm³/mol. The van der Waals surface area contributed by atoms with Crippen molar-refractivity contribution in [1.29, 1.82) is 0 Å². The van der Waals surface area contributed by atoms with Gasteiger partial charge in [0.05, 0.1) is 34.5 Å². The number of nitrogens with zero attached hydrogens (tertiary/aromatic N) is 2. The molecule has 3 aromatic carbocycles. The number of fused-ring (bicyclic) bond motifs is 1. The Balaban J connectivity index is 1.77. The Kier molecular flexibility index (Phi) is 5.91. The molecular formula is C27H20F2N2O5S. The number of amides is 1. The number of aryl methyl sites for hydroxylation is 2. The van der Waals surface area contributed by atoms with Crippen LogP contribution in [0.1, 0.15) is 28.3 Å². The smallest absolute Gasteiger partial charge is 0.301 e. The SMILES string of the molecule is COc1c(C)cc(C)cc1/C(O)=C1\C(=O)C(=O)N(c2nc3cc(F)c(F)cc3s2)C1c1ccc(O)cc1. The van der Waals surface area contributed by atoms with Crippen molar-refractivity contribution in [3.05, 3.63) is 88.0 Å². The normalized spacial score (nSPS) is 17.1. The Morgan fingerprint density at radius 1 is 1.05 bits per heavy atom. The first-order valence-electron chi connectivity index (χ1n) is 11.1. The van der Waals surface area contributed by atoms with Crippen LogP contribution in [0.15, 0.2) is 54.1 Å². The standard InChI is InChI=1S/C27H20F2N2O5S/c1-12-8-13(2)25(36-3)16(9-12)23(33)21-22(14-4-6-15(32)7-5-14)31(26(35)24(21)34)27-30-19-10-17(28)18(29)11-20(19)37-27/h4-11,22,32-33H,1-3H3/b23-21+. The lowest BCUT2D eigenvalue weighted by molar-refractivity contribution is -0.132. The Morgan fingerprint density at radius 3 is 2.41 bits per heavy atom. The van der Waals surface area contributed by atoms with Gasteiger partial charge in [0, 0.05) is 6.07 Å². The number of thiazole rings is 1. The maximum atomic E-state index is 13.8. The quantitative estimate of drug-likeness (QED) is 0.208. The summed E-state index contributed by atoms with van der Waals surface area (Å²) in [5.41, 5.74) is 2.05. The van der Waals surface area contributed by atoms with Crippen molar-refractivity contribution in [1.82, 2.24) is 4.98 Å². The molecule has 1 aliphatic heterocycles. The number of aliphatic hydroxyl groups is 1. The van der Waals surface area contributed by atoms with Crippen LogP contribution in [0.25, 0.3) is 16.0 Å². The fourth-order valence-electron chi connectivity index (χ4n) is 4.56. The van der Waals surface area contributed by atoms with Gasteiger partial charge in [-0.1, -0.05) is 29.5 Å². The van der Waals surface area contributed by atoms with Gasteiger partial charge in [0.1, 0.15) is 17.3 Å². The monoisotopic (exact) mass is 522 g/mol. The number of phenolic OH excluding ortho intramolecular Hbond substituents is 1. The minimum absolute atomic E-state index is 0.0200. The number of anilines is 1. The van der Waals surface area contributed by atoms with Crippen molar-refractivity contribution in [2.24, 2.45) is 0 Å². The average Bonchev–Trinajstić information content (AvgIpc) is 3.36. The number of methoxy groups -OCH3 is 1. The zero-order valence-electron chi connectivity index (χ0n) is 19.9. The Hall–Kier alpha value is -4.31. The fraction of sp³-hybridized carbons (Fsp3) is 0.148. The van der Waals surface area contributed by atoms with E-state index in [9.17, 15) is 28.6 Å². The van der Waals surface area contributed by atoms with Crippen molar-refractivity contribution >= 4 is 44.1 Å². The van der Waals surface area contributed by atoms with Crippen LogP contribution >= 0.6 is 11.3 Å². The maximum Gasteiger partial charge on any atom is 0.301 e. The summed E-state index contributed by atoms with van der Waals surface area (Å²) in [7, 11) is 1.43. The van der Waals surface area contributed by atoms with Crippen LogP contribution in [-0.2, 0) is 9.59 Å². The van der Waals surface area contributed by atoms with Crippen LogP contribution in [0.4, 0.5) is 13.9 Å². The van der Waals surface area contributed by atoms with Crippen LogP contribution in [0.3, 0.4) is 0 Å². The molecule has 0 spiro atoms. The molecule has 0 radical (unpaired) electrons. The number of hydrogen-bond donors (Lipinski definition) is 2. The number of Topliss-reactive ketones (excluding diaryl/α,β-unsaturated/α-hetero) is 1. The van der Waals surface area contributed by atoms with E-state index in [-0.39, 0.29) is 32.2 Å². The van der Waals surface area contributed by atoms with E-state index in [1.54, 1.807) is 13.0 Å². The highest BCUT2D eigenvalue weighted by Gasteiger charge is 2.48. The number of halogens is 2. The van der Waals surface area contributed by atoms with E-state index in [4.69, 9.17) is 4.74 Å². The molecule has 1 saturated heterocycles. The first-order chi connectivity index (χ1) is 17.6. The van der Waals surface area contributed by atoms with E-state index in [0.29, 0.717) is 11.3 Å². The second kappa shape index (κ2) is 8.97. The van der Waals surface area contributed by atoms with Crippen molar-refractivity contribution in [3.8, 4) is 11.5 Å². The summed E-state index contributed by atoms with van der Waals surface area (Å²) < 4.78 is 33.4. The molecule has 4 aromatic rings. The predicted octanol–water partition coefficient (Wildman–Crippen LogP) is 5.53. The van der Waals surface area contributed by atoms with Crippen molar-refractivity contribution in [3.63, 3.8) is 0 Å². The van der Waals surface area contributed by atoms with E-state index in [1.165, 1.54) is 31.4 Å². The lowest BCUT2D eigenvalue weighted by Gasteiger charge is -2.23. The number of aliphatic hydroxyl groups excluding tert-OH is 1. The summed E-state index contributed by atoms with van der Waals surface area (Å²) >= 11 is 0.904. The molecule has 1 amide bonds. The topological polar surface area (TPSA) is 100.0 Å². The molecule has 0 saturated carbocycles. The van der Waals surface area contributed by atoms with E-state index in [2.05, 4.69) is 4.98 Å². The van der Waals surface area contributed by atoms with Crippen molar-refractivity contribution in [2.75, 3.05) is 12.0 Å². The van der Waals surface area contributed by atoms with Gasteiger partial charge < -0.3 is 14.9 Å². The van der Waals surface area contributed by atoms with Gasteiger partial charge in [-0.3, -0.25) is 14.5 Å². The van der Waals surface area contributed by atoms with Gasteiger partial charge in [-0.05, 0) is 54.8 Å². The molecule has 5 rings (SSSR count). The molecule has 1 fully saturated rings. The summed E-state index contributed by atoms with van der Waals surface area (Å²) in [6, 6.07) is 10.0. The molecule has 0 bridgehead atoms. The molecule has 37 heavy (non-hydrogen) atoms. The lowest BCUT2D eigenvalue weighted by Crippen LogP contribution is -2.29. The molecule has 1 aliphatic rings. The number of phenols is 1. The number of ketones is 1. The first-order valence-corrected chi connectivity index (χ1v) is 11.9. The molecule has 1 atom stereocenters. The van der Waals surface area contributed by atoms with Gasteiger partial charge in [-0.25, -0.2) is 13.8 Å². The van der Waals surface area contributed by atoms with Gasteiger partial charge in [-0.15, -0.1) is 0 Å². The molecule has 10 heteroatoms. The van der Waals surface area contributed by atoms with Gasteiger partial charge in [0.2, 0.25) is 0 Å². The minimum atomic E-state index is -1.14. The number of aromatic hydroxyl groups is 1. The number of carbonyl (C=O) groups is 2. The van der Waals surface area contributed by atoms with E-state index >= 15 is 0 Å². The fourth-order valence-corrected chi connectivity index (χ4v) is 5.56. The second-order valence-electron chi connectivity index (χ2n) is 8.65. The molecular weight excluding hydrogens is 502 g/mol. The number of benzene rings is 3. The number of hydrogen-bond acceptors (Lipinski definition) is 7. The molecule has 1 unspecified atom stereocenters. The number of carbonyl (C=O) groups excluding carboxylic acids is 2. The Morgan fingerprint density at radius 2 is 1.73 bits per heavy atom. The number of aromatic nitrogens is 1. The Labute approximate surface area is 213 Å². The average molecular weight is 523 g/mol. The zero-order chi connectivity index (χ0) is 26.6. The molecule has 2 heterocycles. The highest BCUT2D eigenvalue weighted by molar-refractivity contribution is 7.22. The van der Waals surface area contributed by atoms with Crippen LogP contribution in [0.5, 0.6) is 11.5 Å². The van der Waals surface area contributed by atoms with E-state index in [1.807, 2.05) is 13.0 Å². The van der Waals surface area contributed by atoms with Crippen LogP contribution in [0, 0.1) is 25.5 Å². The lowest BCUT2D eigenvalue weighted by atomic mass is 9.93. The van der Waals surface area contributed by atoms with E-state index < -0.39 is 35.1 Å². The van der Waals surface area contributed by atoms with Crippen LogP contribution in [-0.4, -0.2) is 34.0 Å². The molecule has 188 valence electrons. The van der Waals surface area contributed by atoms with Gasteiger partial charge in [0.25, 0.3) is 5.78 Å².